The number of aryl methyl sites for hydroxylation is 1. The Kier molecular flexibility index (Phi) is 3.93. The molecule has 0 N–H and O–H groups in total. The monoisotopic (exact) mass is 335 g/mol. The molecule has 7 heteroatoms. The van der Waals surface area contributed by atoms with Crippen molar-refractivity contribution in [2.45, 2.75) is 19.9 Å². The third-order valence-electron chi connectivity index (χ3n) is 3.72. The van der Waals surface area contributed by atoms with Crippen LogP contribution in [0.4, 0.5) is 5.82 Å². The molecule has 3 aromatic rings. The van der Waals surface area contributed by atoms with Crippen molar-refractivity contribution < 1.29 is 0 Å². The molecule has 22 heavy (non-hydrogen) atoms. The van der Waals surface area contributed by atoms with Gasteiger partial charge >= 0.3 is 0 Å². The zero-order valence-electron chi connectivity index (χ0n) is 12.5. The summed E-state index contributed by atoms with van der Waals surface area (Å²) in [6, 6.07) is 7.56. The van der Waals surface area contributed by atoms with E-state index in [9.17, 15) is 0 Å². The molecule has 2 aromatic heterocycles. The van der Waals surface area contributed by atoms with Gasteiger partial charge in [-0.05, 0) is 31.5 Å². The summed E-state index contributed by atoms with van der Waals surface area (Å²) in [5, 5.41) is 5.51. The Morgan fingerprint density at radius 3 is 2.73 bits per heavy atom. The summed E-state index contributed by atoms with van der Waals surface area (Å²) >= 11 is 12.3. The number of halogens is 2. The van der Waals surface area contributed by atoms with Gasteiger partial charge < -0.3 is 4.90 Å². The van der Waals surface area contributed by atoms with E-state index in [0.717, 1.165) is 17.1 Å². The number of benzene rings is 1. The number of nitrogens with zero attached hydrogens (tertiary/aromatic N) is 5. The summed E-state index contributed by atoms with van der Waals surface area (Å²) in [6.07, 6.45) is 1.50. The van der Waals surface area contributed by atoms with Crippen LogP contribution in [-0.2, 0) is 0 Å². The second-order valence-electron chi connectivity index (χ2n) is 5.18. The lowest BCUT2D eigenvalue weighted by molar-refractivity contribution is 0.709. The lowest BCUT2D eigenvalue weighted by Gasteiger charge is -2.28. The Labute approximate surface area is 138 Å². The van der Waals surface area contributed by atoms with Gasteiger partial charge in [-0.1, -0.05) is 29.3 Å². The lowest BCUT2D eigenvalue weighted by Crippen LogP contribution is -2.24. The fraction of sp³-hybridized carbons (Fsp3) is 0.267. The number of rotatable bonds is 3. The molecule has 0 fully saturated rings. The van der Waals surface area contributed by atoms with Crippen molar-refractivity contribution in [3.05, 3.63) is 51.9 Å². The smallest absolute Gasteiger partial charge is 0.254 e. The van der Waals surface area contributed by atoms with Gasteiger partial charge in [0.25, 0.3) is 5.78 Å². The molecule has 0 aliphatic heterocycles. The van der Waals surface area contributed by atoms with Crippen LogP contribution < -0.4 is 4.90 Å². The van der Waals surface area contributed by atoms with Crippen LogP contribution in [0.25, 0.3) is 5.78 Å². The molecular formula is C15H15Cl2N5. The van der Waals surface area contributed by atoms with E-state index in [-0.39, 0.29) is 6.04 Å². The maximum Gasteiger partial charge on any atom is 0.254 e. The zero-order valence-corrected chi connectivity index (χ0v) is 14.0. The van der Waals surface area contributed by atoms with Gasteiger partial charge in [-0.3, -0.25) is 0 Å². The number of anilines is 1. The van der Waals surface area contributed by atoms with Crippen LogP contribution in [0.2, 0.25) is 10.0 Å². The summed E-state index contributed by atoms with van der Waals surface area (Å²) in [4.78, 5) is 10.6. The van der Waals surface area contributed by atoms with E-state index in [2.05, 4.69) is 26.9 Å². The number of fused-ring (bicyclic) bond motifs is 1. The van der Waals surface area contributed by atoms with E-state index in [1.54, 1.807) is 10.6 Å². The molecule has 2 heterocycles. The van der Waals surface area contributed by atoms with E-state index in [1.165, 1.54) is 6.33 Å². The van der Waals surface area contributed by atoms with Gasteiger partial charge in [-0.15, -0.1) is 0 Å². The first-order valence-corrected chi connectivity index (χ1v) is 7.58. The van der Waals surface area contributed by atoms with Crippen LogP contribution in [-0.4, -0.2) is 26.6 Å². The molecule has 0 amide bonds. The Morgan fingerprint density at radius 1 is 1.23 bits per heavy atom. The number of hydrogen-bond donors (Lipinski definition) is 0. The fourth-order valence-corrected chi connectivity index (χ4v) is 2.98. The molecule has 0 spiro atoms. The molecule has 0 saturated carbocycles. The fourth-order valence-electron chi connectivity index (χ4n) is 2.41. The van der Waals surface area contributed by atoms with Gasteiger partial charge in [-0.25, -0.2) is 4.98 Å². The van der Waals surface area contributed by atoms with E-state index in [1.807, 2.05) is 32.2 Å². The van der Waals surface area contributed by atoms with E-state index < -0.39 is 0 Å². The summed E-state index contributed by atoms with van der Waals surface area (Å²) in [5.74, 6) is 1.48. The summed E-state index contributed by atoms with van der Waals surface area (Å²) in [7, 11) is 1.99. The highest BCUT2D eigenvalue weighted by atomic mass is 35.5. The van der Waals surface area contributed by atoms with E-state index in [4.69, 9.17) is 23.2 Å². The largest absolute Gasteiger partial charge is 0.353 e. The van der Waals surface area contributed by atoms with Crippen LogP contribution in [0.15, 0.2) is 30.6 Å². The Bertz CT molecular complexity index is 830. The number of aromatic nitrogens is 4. The highest BCUT2D eigenvalue weighted by Gasteiger charge is 2.19. The third-order valence-corrected chi connectivity index (χ3v) is 4.28. The Balaban J connectivity index is 2.04. The van der Waals surface area contributed by atoms with Crippen LogP contribution >= 0.6 is 23.2 Å². The molecule has 0 aliphatic rings. The first-order valence-electron chi connectivity index (χ1n) is 6.82. The predicted molar refractivity (Wildman–Crippen MR) is 88.8 cm³/mol. The molecule has 114 valence electrons. The molecule has 3 rings (SSSR count). The third kappa shape index (κ3) is 2.62. The minimum Gasteiger partial charge on any atom is -0.353 e. The quantitative estimate of drug-likeness (QED) is 0.727. The van der Waals surface area contributed by atoms with Gasteiger partial charge in [-0.2, -0.15) is 14.6 Å². The molecule has 0 bridgehead atoms. The number of hydrogen-bond acceptors (Lipinski definition) is 4. The second-order valence-corrected chi connectivity index (χ2v) is 6.02. The zero-order chi connectivity index (χ0) is 15.9. The molecule has 0 radical (unpaired) electrons. The highest BCUT2D eigenvalue weighted by Crippen LogP contribution is 2.31. The molecular weight excluding hydrogens is 321 g/mol. The van der Waals surface area contributed by atoms with Gasteiger partial charge in [0.2, 0.25) is 0 Å². The maximum atomic E-state index is 6.33. The first kappa shape index (κ1) is 15.1. The minimum absolute atomic E-state index is 0.0407. The lowest BCUT2D eigenvalue weighted by atomic mass is 10.1. The summed E-state index contributed by atoms with van der Waals surface area (Å²) in [5.41, 5.74) is 1.88. The van der Waals surface area contributed by atoms with E-state index >= 15 is 0 Å². The van der Waals surface area contributed by atoms with Crippen molar-refractivity contribution in [3.63, 3.8) is 0 Å². The molecule has 0 saturated heterocycles. The van der Waals surface area contributed by atoms with Crippen molar-refractivity contribution in [1.82, 2.24) is 19.6 Å². The van der Waals surface area contributed by atoms with E-state index in [0.29, 0.717) is 15.8 Å². The summed E-state index contributed by atoms with van der Waals surface area (Å²) < 4.78 is 1.72. The van der Waals surface area contributed by atoms with Crippen LogP contribution in [0.3, 0.4) is 0 Å². The Hall–Kier alpha value is -1.85. The SMILES string of the molecule is Cc1cc(N(C)[C@@H](C)c2ccc(Cl)cc2Cl)n2ncnc2n1. The highest BCUT2D eigenvalue weighted by molar-refractivity contribution is 6.35. The van der Waals surface area contributed by atoms with Crippen LogP contribution in [0, 0.1) is 6.92 Å². The summed E-state index contributed by atoms with van der Waals surface area (Å²) in [6.45, 7) is 4.01. The van der Waals surface area contributed by atoms with Crippen molar-refractivity contribution in [1.29, 1.82) is 0 Å². The predicted octanol–water partition coefficient (Wildman–Crippen LogP) is 3.94. The molecule has 0 aliphatic carbocycles. The van der Waals surface area contributed by atoms with Crippen LogP contribution in [0.1, 0.15) is 24.2 Å². The van der Waals surface area contributed by atoms with Crippen molar-refractivity contribution in [2.24, 2.45) is 0 Å². The van der Waals surface area contributed by atoms with Crippen molar-refractivity contribution >= 4 is 34.8 Å². The second kappa shape index (κ2) is 5.74. The first-order chi connectivity index (χ1) is 10.5. The van der Waals surface area contributed by atoms with Gasteiger partial charge in [0.15, 0.2) is 0 Å². The average Bonchev–Trinajstić information content (AvgIpc) is 2.93. The molecule has 5 nitrogen and oxygen atoms in total. The average molecular weight is 336 g/mol. The molecule has 1 atom stereocenters. The normalized spacial score (nSPS) is 12.6. The Morgan fingerprint density at radius 2 is 2.00 bits per heavy atom. The topological polar surface area (TPSA) is 46.3 Å². The van der Waals surface area contributed by atoms with Crippen LogP contribution in [0.5, 0.6) is 0 Å². The van der Waals surface area contributed by atoms with Crippen molar-refractivity contribution in [3.8, 4) is 0 Å². The van der Waals surface area contributed by atoms with Gasteiger partial charge in [0, 0.05) is 28.9 Å². The molecule has 0 unspecified atom stereocenters. The van der Waals surface area contributed by atoms with Gasteiger partial charge in [0.05, 0.1) is 6.04 Å². The standard InChI is InChI=1S/C15H15Cl2N5/c1-9-6-14(22-15(20-9)18-8-19-22)21(3)10(2)12-5-4-11(16)7-13(12)17/h4-8,10H,1-3H3/t10-/m0/s1. The maximum absolute atomic E-state index is 6.33. The van der Waals surface area contributed by atoms with Crippen molar-refractivity contribution in [2.75, 3.05) is 11.9 Å². The molecule has 1 aromatic carbocycles. The van der Waals surface area contributed by atoms with Gasteiger partial charge in [0.1, 0.15) is 12.1 Å². The minimum atomic E-state index is 0.0407.